The molecule has 2 rings (SSSR count). The van der Waals surface area contributed by atoms with E-state index in [2.05, 4.69) is 0 Å². The molecule has 1 aromatic carbocycles. The van der Waals surface area contributed by atoms with E-state index in [0.717, 1.165) is 20.8 Å². The van der Waals surface area contributed by atoms with E-state index in [-0.39, 0.29) is 24.7 Å². The van der Waals surface area contributed by atoms with Crippen LogP contribution in [-0.2, 0) is 42.9 Å². The molecule has 0 bridgehead atoms. The largest absolute Gasteiger partial charge is 0.490 e. The molecule has 1 aliphatic heterocycles. The Morgan fingerprint density at radius 1 is 0.857 bits per heavy atom. The first-order valence-electron chi connectivity index (χ1n) is 10.7. The number of hydrogen-bond acceptors (Lipinski definition) is 12. The Labute approximate surface area is 201 Å². The first-order chi connectivity index (χ1) is 16.5. The molecule has 0 aliphatic carbocycles. The van der Waals surface area contributed by atoms with Crippen molar-refractivity contribution in [3.63, 3.8) is 0 Å². The van der Waals surface area contributed by atoms with Gasteiger partial charge in [-0.3, -0.25) is 24.0 Å². The van der Waals surface area contributed by atoms with Gasteiger partial charge in [0.15, 0.2) is 23.7 Å². The molecule has 1 heterocycles. The van der Waals surface area contributed by atoms with Crippen LogP contribution in [0.2, 0.25) is 0 Å². The zero-order valence-electron chi connectivity index (χ0n) is 20.0. The molecule has 0 aromatic heterocycles. The van der Waals surface area contributed by atoms with Crippen LogP contribution in [0.4, 0.5) is 0 Å². The topological polar surface area (TPSA) is 150 Å². The number of benzene rings is 1. The van der Waals surface area contributed by atoms with Crippen molar-refractivity contribution in [2.75, 3.05) is 13.2 Å². The van der Waals surface area contributed by atoms with Gasteiger partial charge in [0.2, 0.25) is 12.4 Å². The SMILES string of the molecule is CCOc1cc(C=O)ccc1O[C@@H]1O[C@H](COC(C)=O)[C@@H](OC(C)=O)[C@@H](OC(C)=O)[C@@H]1OC(C)=O. The number of carbonyl (C=O) groups is 5. The van der Waals surface area contributed by atoms with Gasteiger partial charge in [-0.2, -0.15) is 0 Å². The molecule has 0 amide bonds. The predicted octanol–water partition coefficient (Wildman–Crippen LogP) is 1.36. The van der Waals surface area contributed by atoms with Crippen LogP contribution in [0.15, 0.2) is 18.2 Å². The first kappa shape index (κ1) is 27.6. The average molecular weight is 496 g/mol. The van der Waals surface area contributed by atoms with Crippen LogP contribution in [-0.4, -0.2) is 74.1 Å². The minimum atomic E-state index is -1.42. The quantitative estimate of drug-likeness (QED) is 0.261. The summed E-state index contributed by atoms with van der Waals surface area (Å²) in [6, 6.07) is 4.36. The van der Waals surface area contributed by atoms with E-state index in [1.165, 1.54) is 25.1 Å². The van der Waals surface area contributed by atoms with Gasteiger partial charge in [-0.15, -0.1) is 0 Å². The van der Waals surface area contributed by atoms with Gasteiger partial charge in [0, 0.05) is 33.3 Å². The number of esters is 4. The summed E-state index contributed by atoms with van der Waals surface area (Å²) >= 11 is 0. The molecular formula is C23H28O12. The van der Waals surface area contributed by atoms with Gasteiger partial charge in [0.1, 0.15) is 19.0 Å². The number of ether oxygens (including phenoxy) is 7. The third kappa shape index (κ3) is 7.95. The monoisotopic (exact) mass is 496 g/mol. The van der Waals surface area contributed by atoms with E-state index in [0.29, 0.717) is 11.8 Å². The van der Waals surface area contributed by atoms with Gasteiger partial charge in [-0.05, 0) is 25.1 Å². The number of rotatable bonds is 10. The lowest BCUT2D eigenvalue weighted by molar-refractivity contribution is -0.288. The smallest absolute Gasteiger partial charge is 0.303 e. The molecular weight excluding hydrogens is 468 g/mol. The maximum atomic E-state index is 11.9. The average Bonchev–Trinajstić information content (AvgIpc) is 2.76. The molecule has 5 atom stereocenters. The second-order valence-corrected chi connectivity index (χ2v) is 7.44. The fraction of sp³-hybridized carbons (Fsp3) is 0.522. The van der Waals surface area contributed by atoms with Crippen LogP contribution in [0.1, 0.15) is 45.0 Å². The molecule has 12 heteroatoms. The summed E-state index contributed by atoms with van der Waals surface area (Å²) < 4.78 is 38.4. The van der Waals surface area contributed by atoms with Gasteiger partial charge in [-0.1, -0.05) is 0 Å². The standard InChI is InChI=1S/C23H28O12/c1-6-29-18-9-16(10-24)7-8-17(18)34-23-22(33-15(5)28)21(32-14(4)27)20(31-13(3)26)19(35-23)11-30-12(2)25/h7-10,19-23H,6,11H2,1-5H3/t19-,20-,21-,22+,23-/m1/s1. The van der Waals surface area contributed by atoms with Crippen LogP contribution in [0.5, 0.6) is 11.5 Å². The van der Waals surface area contributed by atoms with E-state index < -0.39 is 54.6 Å². The molecule has 1 fully saturated rings. The first-order valence-corrected chi connectivity index (χ1v) is 10.7. The van der Waals surface area contributed by atoms with E-state index in [4.69, 9.17) is 33.2 Å². The van der Waals surface area contributed by atoms with E-state index in [1.54, 1.807) is 6.92 Å². The lowest BCUT2D eigenvalue weighted by Crippen LogP contribution is -2.63. The lowest BCUT2D eigenvalue weighted by Gasteiger charge is -2.44. The molecule has 1 saturated heterocycles. The minimum absolute atomic E-state index is 0.123. The van der Waals surface area contributed by atoms with Crippen LogP contribution in [0, 0.1) is 0 Å². The van der Waals surface area contributed by atoms with Gasteiger partial charge < -0.3 is 33.2 Å². The Balaban J connectivity index is 2.52. The summed E-state index contributed by atoms with van der Waals surface area (Å²) in [5.41, 5.74) is 0.322. The Morgan fingerprint density at radius 3 is 2.00 bits per heavy atom. The molecule has 1 aliphatic rings. The number of aldehydes is 1. The summed E-state index contributed by atoms with van der Waals surface area (Å²) in [4.78, 5) is 58.2. The van der Waals surface area contributed by atoms with Crippen LogP contribution in [0.3, 0.4) is 0 Å². The summed E-state index contributed by atoms with van der Waals surface area (Å²) in [6.07, 6.45) is -6.02. The Hall–Kier alpha value is -3.67. The lowest BCUT2D eigenvalue weighted by atomic mass is 9.98. The van der Waals surface area contributed by atoms with E-state index in [1.807, 2.05) is 0 Å². The third-order valence-electron chi connectivity index (χ3n) is 4.60. The van der Waals surface area contributed by atoms with Crippen molar-refractivity contribution >= 4 is 30.2 Å². The zero-order valence-corrected chi connectivity index (χ0v) is 20.0. The fourth-order valence-electron chi connectivity index (χ4n) is 3.37. The normalized spacial score (nSPS) is 23.4. The summed E-state index contributed by atoms with van der Waals surface area (Å²) in [7, 11) is 0. The van der Waals surface area contributed by atoms with Crippen molar-refractivity contribution in [1.29, 1.82) is 0 Å². The molecule has 0 unspecified atom stereocenters. The maximum Gasteiger partial charge on any atom is 0.303 e. The second kappa shape index (κ2) is 12.7. The molecule has 12 nitrogen and oxygen atoms in total. The van der Waals surface area contributed by atoms with Crippen molar-refractivity contribution in [2.45, 2.75) is 65.3 Å². The summed E-state index contributed by atoms with van der Waals surface area (Å²) in [5.74, 6) is -2.58. The van der Waals surface area contributed by atoms with Gasteiger partial charge in [-0.25, -0.2) is 0 Å². The molecule has 0 saturated carbocycles. The molecule has 35 heavy (non-hydrogen) atoms. The van der Waals surface area contributed by atoms with Gasteiger partial charge in [0.05, 0.1) is 6.61 Å². The highest BCUT2D eigenvalue weighted by atomic mass is 16.7. The molecule has 0 spiro atoms. The highest BCUT2D eigenvalue weighted by Crippen LogP contribution is 2.34. The number of carbonyl (C=O) groups excluding carboxylic acids is 5. The van der Waals surface area contributed by atoms with Crippen molar-refractivity contribution in [3.8, 4) is 11.5 Å². The predicted molar refractivity (Wildman–Crippen MR) is 116 cm³/mol. The summed E-state index contributed by atoms with van der Waals surface area (Å²) in [6.45, 7) is 6.13. The summed E-state index contributed by atoms with van der Waals surface area (Å²) in [5, 5.41) is 0. The van der Waals surface area contributed by atoms with E-state index >= 15 is 0 Å². The van der Waals surface area contributed by atoms with Crippen LogP contribution in [0.25, 0.3) is 0 Å². The molecule has 192 valence electrons. The van der Waals surface area contributed by atoms with Gasteiger partial charge >= 0.3 is 23.9 Å². The van der Waals surface area contributed by atoms with Gasteiger partial charge in [0.25, 0.3) is 0 Å². The highest BCUT2D eigenvalue weighted by molar-refractivity contribution is 5.76. The highest BCUT2D eigenvalue weighted by Gasteiger charge is 2.53. The van der Waals surface area contributed by atoms with Crippen molar-refractivity contribution in [3.05, 3.63) is 23.8 Å². The zero-order chi connectivity index (χ0) is 26.1. The molecule has 1 aromatic rings. The Morgan fingerprint density at radius 2 is 1.46 bits per heavy atom. The van der Waals surface area contributed by atoms with E-state index in [9.17, 15) is 24.0 Å². The second-order valence-electron chi connectivity index (χ2n) is 7.44. The van der Waals surface area contributed by atoms with Crippen molar-refractivity contribution in [2.24, 2.45) is 0 Å². The number of hydrogen-bond donors (Lipinski definition) is 0. The minimum Gasteiger partial charge on any atom is -0.490 e. The van der Waals surface area contributed by atoms with Crippen LogP contribution < -0.4 is 9.47 Å². The fourth-order valence-corrected chi connectivity index (χ4v) is 3.37. The Bertz CT molecular complexity index is 942. The van der Waals surface area contributed by atoms with Crippen molar-refractivity contribution in [1.82, 2.24) is 0 Å². The van der Waals surface area contributed by atoms with Crippen molar-refractivity contribution < 1.29 is 57.1 Å². The molecule has 0 N–H and O–H groups in total. The van der Waals surface area contributed by atoms with Crippen LogP contribution >= 0.6 is 0 Å². The maximum absolute atomic E-state index is 11.9. The third-order valence-corrected chi connectivity index (χ3v) is 4.60. The molecule has 0 radical (unpaired) electrons. The Kier molecular flexibility index (Phi) is 10.0.